The lowest BCUT2D eigenvalue weighted by Crippen LogP contribution is -2.33. The molecule has 2 amide bonds. The van der Waals surface area contributed by atoms with Gasteiger partial charge in [0.15, 0.2) is 0 Å². The minimum atomic E-state index is -0.352. The fourth-order valence-electron chi connectivity index (χ4n) is 3.10. The van der Waals surface area contributed by atoms with Crippen LogP contribution in [0.15, 0.2) is 73.3 Å². The van der Waals surface area contributed by atoms with E-state index in [4.69, 9.17) is 0 Å². The summed E-state index contributed by atoms with van der Waals surface area (Å²) >= 11 is 0. The van der Waals surface area contributed by atoms with Gasteiger partial charge in [0, 0.05) is 25.0 Å². The van der Waals surface area contributed by atoms with Crippen LogP contribution in [-0.2, 0) is 9.59 Å². The van der Waals surface area contributed by atoms with Crippen molar-refractivity contribution in [2.75, 3.05) is 0 Å². The molecule has 3 rings (SSSR count). The minimum absolute atomic E-state index is 0.117. The topological polar surface area (TPSA) is 76.0 Å². The van der Waals surface area contributed by atoms with Crippen molar-refractivity contribution in [2.45, 2.75) is 32.4 Å². The van der Waals surface area contributed by atoms with Crippen LogP contribution >= 0.6 is 0 Å². The molecular formula is C22H24N4O2. The zero-order valence-electron chi connectivity index (χ0n) is 16.0. The van der Waals surface area contributed by atoms with Gasteiger partial charge in [-0.1, -0.05) is 42.5 Å². The highest BCUT2D eigenvalue weighted by Gasteiger charge is 2.18. The zero-order valence-corrected chi connectivity index (χ0v) is 16.0. The Morgan fingerprint density at radius 3 is 2.32 bits per heavy atom. The Bertz CT molecular complexity index is 905. The van der Waals surface area contributed by atoms with Crippen LogP contribution in [-0.4, -0.2) is 21.4 Å². The fraction of sp³-hybridized carbons (Fsp3) is 0.227. The number of aromatic nitrogens is 2. The maximum Gasteiger partial charge on any atom is 0.222 e. The molecule has 2 aromatic carbocycles. The lowest BCUT2D eigenvalue weighted by Gasteiger charge is -2.20. The Morgan fingerprint density at radius 1 is 1.00 bits per heavy atom. The number of nitrogens with zero attached hydrogens (tertiary/aromatic N) is 2. The monoisotopic (exact) mass is 376 g/mol. The third-order valence-corrected chi connectivity index (χ3v) is 4.54. The van der Waals surface area contributed by atoms with Gasteiger partial charge in [-0.2, -0.15) is 0 Å². The molecule has 6 nitrogen and oxygen atoms in total. The van der Waals surface area contributed by atoms with Crippen molar-refractivity contribution >= 4 is 11.8 Å². The summed E-state index contributed by atoms with van der Waals surface area (Å²) < 4.78 is 1.92. The quantitative estimate of drug-likeness (QED) is 0.664. The van der Waals surface area contributed by atoms with Crippen molar-refractivity contribution < 1.29 is 9.59 Å². The Kier molecular flexibility index (Phi) is 6.22. The number of hydrogen-bond acceptors (Lipinski definition) is 3. The summed E-state index contributed by atoms with van der Waals surface area (Å²) in [5.41, 5.74) is 2.92. The number of imidazole rings is 1. The summed E-state index contributed by atoms with van der Waals surface area (Å²) in [5, 5.41) is 5.87. The molecule has 1 aromatic heterocycles. The van der Waals surface area contributed by atoms with Gasteiger partial charge in [-0.05, 0) is 30.2 Å². The molecule has 0 aliphatic carbocycles. The molecule has 0 saturated heterocycles. The predicted molar refractivity (Wildman–Crippen MR) is 108 cm³/mol. The van der Waals surface area contributed by atoms with Gasteiger partial charge in [0.05, 0.1) is 24.8 Å². The molecule has 2 atom stereocenters. The van der Waals surface area contributed by atoms with Crippen molar-refractivity contribution in [1.82, 2.24) is 20.2 Å². The van der Waals surface area contributed by atoms with Crippen LogP contribution in [0.3, 0.4) is 0 Å². The van der Waals surface area contributed by atoms with Gasteiger partial charge >= 0.3 is 0 Å². The van der Waals surface area contributed by atoms with Gasteiger partial charge in [0.25, 0.3) is 0 Å². The molecule has 2 N–H and O–H groups in total. The third kappa shape index (κ3) is 5.07. The smallest absolute Gasteiger partial charge is 0.222 e. The SMILES string of the molecule is CC(=O)N[C@H](CC(=O)N[C@H](C)c1ccc(-n2ccnc2)cc1)c1ccccc1. The Labute approximate surface area is 164 Å². The van der Waals surface area contributed by atoms with Crippen LogP contribution in [0.4, 0.5) is 0 Å². The molecule has 0 aliphatic heterocycles. The average molecular weight is 376 g/mol. The number of amides is 2. The van der Waals surface area contributed by atoms with Crippen LogP contribution in [0.25, 0.3) is 5.69 Å². The molecule has 6 heteroatoms. The minimum Gasteiger partial charge on any atom is -0.350 e. The average Bonchev–Trinajstić information content (AvgIpc) is 3.22. The number of nitrogens with one attached hydrogen (secondary N) is 2. The van der Waals surface area contributed by atoms with E-state index in [9.17, 15) is 9.59 Å². The molecule has 0 bridgehead atoms. The van der Waals surface area contributed by atoms with Crippen LogP contribution in [0, 0.1) is 0 Å². The summed E-state index contributed by atoms with van der Waals surface area (Å²) in [6, 6.07) is 17.0. The van der Waals surface area contributed by atoms with E-state index in [1.807, 2.05) is 72.3 Å². The second-order valence-electron chi connectivity index (χ2n) is 6.72. The number of carbonyl (C=O) groups excluding carboxylic acids is 2. The molecular weight excluding hydrogens is 352 g/mol. The maximum atomic E-state index is 12.6. The molecule has 0 spiro atoms. The molecule has 0 unspecified atom stereocenters. The Balaban J connectivity index is 1.63. The second kappa shape index (κ2) is 8.99. The van der Waals surface area contributed by atoms with E-state index in [0.717, 1.165) is 16.8 Å². The van der Waals surface area contributed by atoms with E-state index < -0.39 is 0 Å². The number of hydrogen-bond donors (Lipinski definition) is 2. The summed E-state index contributed by atoms with van der Waals surface area (Å²) in [6.45, 7) is 3.40. The fourth-order valence-corrected chi connectivity index (χ4v) is 3.10. The zero-order chi connectivity index (χ0) is 19.9. The number of benzene rings is 2. The van der Waals surface area contributed by atoms with Crippen molar-refractivity contribution in [1.29, 1.82) is 0 Å². The molecule has 3 aromatic rings. The van der Waals surface area contributed by atoms with Crippen LogP contribution in [0.2, 0.25) is 0 Å². The highest BCUT2D eigenvalue weighted by atomic mass is 16.2. The van der Waals surface area contributed by atoms with E-state index in [0.29, 0.717) is 0 Å². The summed E-state index contributed by atoms with van der Waals surface area (Å²) in [5.74, 6) is -0.279. The van der Waals surface area contributed by atoms with Gasteiger partial charge in [0.2, 0.25) is 11.8 Å². The van der Waals surface area contributed by atoms with Crippen molar-refractivity contribution in [3.8, 4) is 5.69 Å². The predicted octanol–water partition coefficient (Wildman–Crippen LogP) is 3.32. The van der Waals surface area contributed by atoms with Crippen LogP contribution < -0.4 is 10.6 Å². The lowest BCUT2D eigenvalue weighted by atomic mass is 10.0. The molecule has 1 heterocycles. The maximum absolute atomic E-state index is 12.6. The first-order valence-electron chi connectivity index (χ1n) is 9.22. The van der Waals surface area contributed by atoms with Gasteiger partial charge in [0.1, 0.15) is 0 Å². The van der Waals surface area contributed by atoms with Crippen LogP contribution in [0.1, 0.15) is 43.5 Å². The van der Waals surface area contributed by atoms with Crippen LogP contribution in [0.5, 0.6) is 0 Å². The highest BCUT2D eigenvalue weighted by molar-refractivity contribution is 5.79. The third-order valence-electron chi connectivity index (χ3n) is 4.54. The first-order valence-corrected chi connectivity index (χ1v) is 9.22. The van der Waals surface area contributed by atoms with Crippen molar-refractivity contribution in [3.63, 3.8) is 0 Å². The second-order valence-corrected chi connectivity index (χ2v) is 6.72. The number of carbonyl (C=O) groups is 2. The van der Waals surface area contributed by atoms with Crippen molar-refractivity contribution in [3.05, 3.63) is 84.4 Å². The lowest BCUT2D eigenvalue weighted by molar-refractivity contribution is -0.123. The first kappa shape index (κ1) is 19.4. The van der Waals surface area contributed by atoms with Crippen molar-refractivity contribution in [2.24, 2.45) is 0 Å². The standard InChI is InChI=1S/C22H24N4O2/c1-16(18-8-10-20(11-9-18)26-13-12-23-15-26)24-22(28)14-21(25-17(2)27)19-6-4-3-5-7-19/h3-13,15-16,21H,14H2,1-2H3,(H,24,28)(H,25,27)/t16-,21-/m1/s1. The molecule has 144 valence electrons. The highest BCUT2D eigenvalue weighted by Crippen LogP contribution is 2.19. The summed E-state index contributed by atoms with van der Waals surface area (Å²) in [7, 11) is 0. The van der Waals surface area contributed by atoms with E-state index in [2.05, 4.69) is 15.6 Å². The number of rotatable bonds is 7. The van der Waals surface area contributed by atoms with E-state index >= 15 is 0 Å². The molecule has 0 radical (unpaired) electrons. The molecule has 0 aliphatic rings. The van der Waals surface area contributed by atoms with Gasteiger partial charge < -0.3 is 15.2 Å². The normalized spacial score (nSPS) is 12.8. The van der Waals surface area contributed by atoms with Gasteiger partial charge in [-0.25, -0.2) is 4.98 Å². The van der Waals surface area contributed by atoms with Gasteiger partial charge in [-0.15, -0.1) is 0 Å². The van der Waals surface area contributed by atoms with Gasteiger partial charge in [-0.3, -0.25) is 9.59 Å². The molecule has 28 heavy (non-hydrogen) atoms. The largest absolute Gasteiger partial charge is 0.350 e. The molecule has 0 fully saturated rings. The molecule has 0 saturated carbocycles. The summed E-state index contributed by atoms with van der Waals surface area (Å²) in [6.07, 6.45) is 5.54. The van der Waals surface area contributed by atoms with E-state index in [1.165, 1.54) is 6.92 Å². The Hall–Kier alpha value is -3.41. The van der Waals surface area contributed by atoms with E-state index in [-0.39, 0.29) is 30.3 Å². The Morgan fingerprint density at radius 2 is 1.71 bits per heavy atom. The first-order chi connectivity index (χ1) is 13.5. The summed E-state index contributed by atoms with van der Waals surface area (Å²) in [4.78, 5) is 28.1. The van der Waals surface area contributed by atoms with E-state index in [1.54, 1.807) is 12.5 Å².